The van der Waals surface area contributed by atoms with Gasteiger partial charge in [0.1, 0.15) is 0 Å². The van der Waals surface area contributed by atoms with Crippen molar-refractivity contribution in [2.24, 2.45) is 5.92 Å². The zero-order valence-corrected chi connectivity index (χ0v) is 14.9. The van der Waals surface area contributed by atoms with E-state index in [4.69, 9.17) is 0 Å². The van der Waals surface area contributed by atoms with Gasteiger partial charge in [0.25, 0.3) is 11.7 Å². The summed E-state index contributed by atoms with van der Waals surface area (Å²) in [4.78, 5) is 25.6. The quantitative estimate of drug-likeness (QED) is 0.850. The summed E-state index contributed by atoms with van der Waals surface area (Å²) in [6.45, 7) is 6.54. The van der Waals surface area contributed by atoms with Gasteiger partial charge in [0, 0.05) is 44.6 Å². The molecule has 2 aliphatic rings. The fraction of sp³-hybridized carbons (Fsp3) is 0.667. The fourth-order valence-corrected chi connectivity index (χ4v) is 4.01. The van der Waals surface area contributed by atoms with E-state index in [1.807, 2.05) is 17.9 Å². The number of carbonyl (C=O) groups is 1. The topological polar surface area (TPSA) is 66.6 Å². The van der Waals surface area contributed by atoms with E-state index >= 15 is 0 Å². The van der Waals surface area contributed by atoms with Crippen molar-refractivity contribution in [1.82, 2.24) is 29.4 Å². The van der Waals surface area contributed by atoms with Gasteiger partial charge in [-0.1, -0.05) is 19.3 Å². The number of hydrogen-bond donors (Lipinski definition) is 0. The Morgan fingerprint density at radius 3 is 2.64 bits per heavy atom. The van der Waals surface area contributed by atoms with Crippen molar-refractivity contribution in [2.75, 3.05) is 32.7 Å². The Balaban J connectivity index is 1.36. The molecule has 25 heavy (non-hydrogen) atoms. The normalized spacial score (nSPS) is 20.3. The highest BCUT2D eigenvalue weighted by Gasteiger charge is 2.26. The highest BCUT2D eigenvalue weighted by Crippen LogP contribution is 2.24. The van der Waals surface area contributed by atoms with Crippen LogP contribution in [0.3, 0.4) is 0 Å². The van der Waals surface area contributed by atoms with Crippen LogP contribution in [0.4, 0.5) is 0 Å². The van der Waals surface area contributed by atoms with Gasteiger partial charge in [0.15, 0.2) is 0 Å². The Kier molecular flexibility index (Phi) is 4.65. The molecule has 0 radical (unpaired) electrons. The third-order valence-corrected chi connectivity index (χ3v) is 5.52. The molecule has 2 aromatic heterocycles. The smallest absolute Gasteiger partial charge is 0.293 e. The molecule has 1 aliphatic heterocycles. The minimum Gasteiger partial charge on any atom is -0.333 e. The van der Waals surface area contributed by atoms with Crippen molar-refractivity contribution in [1.29, 1.82) is 0 Å². The van der Waals surface area contributed by atoms with E-state index in [9.17, 15) is 4.79 Å². The predicted octanol–water partition coefficient (Wildman–Crippen LogP) is 1.77. The highest BCUT2D eigenvalue weighted by atomic mass is 16.2. The summed E-state index contributed by atoms with van der Waals surface area (Å²) < 4.78 is 1.63. The van der Waals surface area contributed by atoms with Crippen LogP contribution in [0.2, 0.25) is 0 Å². The van der Waals surface area contributed by atoms with Gasteiger partial charge in [-0.05, 0) is 31.7 Å². The van der Waals surface area contributed by atoms with Crippen molar-refractivity contribution in [3.8, 4) is 0 Å². The summed E-state index contributed by atoms with van der Waals surface area (Å²) in [7, 11) is 0. The van der Waals surface area contributed by atoms with Gasteiger partial charge >= 0.3 is 0 Å². The van der Waals surface area contributed by atoms with Crippen molar-refractivity contribution < 1.29 is 4.79 Å². The Hall–Kier alpha value is -2.02. The van der Waals surface area contributed by atoms with E-state index in [1.54, 1.807) is 10.7 Å². The van der Waals surface area contributed by atoms with E-state index in [2.05, 4.69) is 20.0 Å². The first-order valence-electron chi connectivity index (χ1n) is 9.41. The Morgan fingerprint density at radius 2 is 1.92 bits per heavy atom. The molecule has 7 nitrogen and oxygen atoms in total. The van der Waals surface area contributed by atoms with E-state index < -0.39 is 0 Å². The van der Waals surface area contributed by atoms with Crippen LogP contribution in [0.25, 0.3) is 5.78 Å². The molecule has 4 rings (SSSR count). The monoisotopic (exact) mass is 342 g/mol. The first kappa shape index (κ1) is 16.4. The van der Waals surface area contributed by atoms with Crippen LogP contribution in [0, 0.1) is 12.8 Å². The Labute approximate surface area is 148 Å². The lowest BCUT2D eigenvalue weighted by Gasteiger charge is -2.36. The van der Waals surface area contributed by atoms with Gasteiger partial charge in [0.05, 0.1) is 0 Å². The number of fused-ring (bicyclic) bond motifs is 1. The van der Waals surface area contributed by atoms with Gasteiger partial charge in [-0.2, -0.15) is 4.98 Å². The number of nitrogens with zero attached hydrogens (tertiary/aromatic N) is 6. The number of piperazine rings is 1. The molecule has 2 aromatic rings. The van der Waals surface area contributed by atoms with Crippen LogP contribution >= 0.6 is 0 Å². The van der Waals surface area contributed by atoms with Crippen molar-refractivity contribution in [2.45, 2.75) is 39.0 Å². The second kappa shape index (κ2) is 7.07. The maximum atomic E-state index is 12.7. The molecule has 7 heteroatoms. The lowest BCUT2D eigenvalue weighted by Crippen LogP contribution is -2.50. The van der Waals surface area contributed by atoms with Gasteiger partial charge in [-0.25, -0.2) is 9.50 Å². The van der Waals surface area contributed by atoms with Crippen LogP contribution in [0.1, 0.15) is 48.4 Å². The average Bonchev–Trinajstić information content (AvgIpc) is 3.08. The number of aryl methyl sites for hydroxylation is 1. The van der Waals surface area contributed by atoms with Crippen LogP contribution in [-0.2, 0) is 0 Å². The van der Waals surface area contributed by atoms with Crippen LogP contribution in [0.5, 0.6) is 0 Å². The Morgan fingerprint density at radius 1 is 1.16 bits per heavy atom. The summed E-state index contributed by atoms with van der Waals surface area (Å²) in [6.07, 6.45) is 8.61. The number of amides is 1. The molecule has 2 fully saturated rings. The standard InChI is InChI=1S/C18H26N6O/c1-14-7-8-19-18-20-16(21-24(14)18)17(25)23-11-9-22(10-12-23)13-15-5-3-2-4-6-15/h7-8,15H,2-6,9-13H2,1H3. The summed E-state index contributed by atoms with van der Waals surface area (Å²) in [5, 5.41) is 4.34. The van der Waals surface area contributed by atoms with Crippen LogP contribution in [0.15, 0.2) is 12.3 Å². The number of hydrogen-bond acceptors (Lipinski definition) is 5. The van der Waals surface area contributed by atoms with Crippen LogP contribution < -0.4 is 0 Å². The zero-order valence-electron chi connectivity index (χ0n) is 14.9. The molecule has 3 heterocycles. The van der Waals surface area contributed by atoms with Crippen molar-refractivity contribution in [3.05, 3.63) is 23.8 Å². The molecule has 0 bridgehead atoms. The van der Waals surface area contributed by atoms with Crippen molar-refractivity contribution >= 4 is 11.7 Å². The first-order valence-corrected chi connectivity index (χ1v) is 9.41. The van der Waals surface area contributed by atoms with Crippen LogP contribution in [-0.4, -0.2) is 68.0 Å². The lowest BCUT2D eigenvalue weighted by atomic mass is 9.89. The minimum atomic E-state index is -0.0813. The number of rotatable bonds is 3. The summed E-state index contributed by atoms with van der Waals surface area (Å²) in [6, 6.07) is 1.86. The largest absolute Gasteiger partial charge is 0.333 e. The molecule has 134 valence electrons. The molecule has 0 spiro atoms. The molecule has 0 unspecified atom stereocenters. The molecule has 0 aromatic carbocycles. The SMILES string of the molecule is Cc1ccnc2nc(C(=O)N3CCN(CC4CCCCC4)CC3)nn12. The van der Waals surface area contributed by atoms with E-state index in [-0.39, 0.29) is 11.7 Å². The van der Waals surface area contributed by atoms with Crippen molar-refractivity contribution in [3.63, 3.8) is 0 Å². The molecular formula is C18H26N6O. The Bertz CT molecular complexity index is 743. The molecule has 1 saturated carbocycles. The maximum Gasteiger partial charge on any atom is 0.293 e. The summed E-state index contributed by atoms with van der Waals surface area (Å²) in [5.41, 5.74) is 0.925. The number of aromatic nitrogens is 4. The first-order chi connectivity index (χ1) is 12.2. The lowest BCUT2D eigenvalue weighted by molar-refractivity contribution is 0.0595. The highest BCUT2D eigenvalue weighted by molar-refractivity contribution is 5.91. The average molecular weight is 342 g/mol. The zero-order chi connectivity index (χ0) is 17.2. The van der Waals surface area contributed by atoms with E-state index in [1.165, 1.54) is 38.6 Å². The molecule has 1 aliphatic carbocycles. The van der Waals surface area contributed by atoms with Gasteiger partial charge in [0.2, 0.25) is 5.82 Å². The molecular weight excluding hydrogens is 316 g/mol. The second-order valence-electron chi connectivity index (χ2n) is 7.33. The third kappa shape index (κ3) is 3.51. The predicted molar refractivity (Wildman–Crippen MR) is 94.4 cm³/mol. The van der Waals surface area contributed by atoms with Gasteiger partial charge in [-0.15, -0.1) is 5.10 Å². The van der Waals surface area contributed by atoms with E-state index in [0.717, 1.165) is 37.8 Å². The number of carbonyl (C=O) groups excluding carboxylic acids is 1. The van der Waals surface area contributed by atoms with E-state index in [0.29, 0.717) is 5.78 Å². The maximum absolute atomic E-state index is 12.7. The second-order valence-corrected chi connectivity index (χ2v) is 7.33. The minimum absolute atomic E-state index is 0.0813. The molecule has 1 saturated heterocycles. The molecule has 0 N–H and O–H groups in total. The fourth-order valence-electron chi connectivity index (χ4n) is 4.01. The third-order valence-electron chi connectivity index (χ3n) is 5.52. The molecule has 0 atom stereocenters. The van der Waals surface area contributed by atoms with Gasteiger partial charge < -0.3 is 4.90 Å². The molecule has 1 amide bonds. The summed E-state index contributed by atoms with van der Waals surface area (Å²) >= 11 is 0. The summed E-state index contributed by atoms with van der Waals surface area (Å²) in [5.74, 6) is 1.51. The van der Waals surface area contributed by atoms with Gasteiger partial charge in [-0.3, -0.25) is 9.69 Å².